The molecule has 7 heteroatoms. The van der Waals surface area contributed by atoms with Gasteiger partial charge in [-0.05, 0) is 23.8 Å². The van der Waals surface area contributed by atoms with Crippen LogP contribution >= 0.6 is 22.9 Å². The third-order valence-corrected chi connectivity index (χ3v) is 4.64. The predicted octanol–water partition coefficient (Wildman–Crippen LogP) is 4.77. The Morgan fingerprint density at radius 2 is 2.04 bits per heavy atom. The van der Waals surface area contributed by atoms with E-state index in [1.54, 1.807) is 30.7 Å². The average Bonchev–Trinajstić information content (AvgIpc) is 3.14. The molecule has 0 radical (unpaired) electrons. The molecule has 1 aromatic heterocycles. The summed E-state index contributed by atoms with van der Waals surface area (Å²) in [6, 6.07) is 15.1. The fourth-order valence-corrected chi connectivity index (χ4v) is 3.17. The molecule has 0 spiro atoms. The second-order valence-corrected chi connectivity index (χ2v) is 6.70. The molecule has 3 rings (SSSR count). The topological polar surface area (TPSA) is 60.5 Å². The zero-order chi connectivity index (χ0) is 18.4. The highest BCUT2D eigenvalue weighted by molar-refractivity contribution is 7.13. The summed E-state index contributed by atoms with van der Waals surface area (Å²) in [5.74, 6) is 0.127. The quantitative estimate of drug-likeness (QED) is 0.590. The Hall–Kier alpha value is -2.57. The number of hydrogen-bond acceptors (Lipinski definition) is 6. The van der Waals surface area contributed by atoms with Crippen LogP contribution in [0.25, 0.3) is 0 Å². The number of rotatable bonds is 7. The van der Waals surface area contributed by atoms with Crippen molar-refractivity contribution >= 4 is 34.0 Å². The van der Waals surface area contributed by atoms with E-state index in [2.05, 4.69) is 10.3 Å². The summed E-state index contributed by atoms with van der Waals surface area (Å²) in [6.07, 6.45) is 0. The Kier molecular flexibility index (Phi) is 6.09. The van der Waals surface area contributed by atoms with Crippen molar-refractivity contribution in [3.8, 4) is 5.75 Å². The van der Waals surface area contributed by atoms with Crippen molar-refractivity contribution in [3.63, 3.8) is 0 Å². The van der Waals surface area contributed by atoms with Crippen LogP contribution in [-0.4, -0.2) is 18.1 Å². The molecule has 0 bridgehead atoms. The maximum absolute atomic E-state index is 12.2. The number of methoxy groups -OCH3 is 1. The van der Waals surface area contributed by atoms with E-state index >= 15 is 0 Å². The molecule has 0 aliphatic rings. The van der Waals surface area contributed by atoms with Gasteiger partial charge in [0.05, 0.1) is 7.11 Å². The summed E-state index contributed by atoms with van der Waals surface area (Å²) in [5.41, 5.74) is 2.11. The molecule has 3 aromatic rings. The van der Waals surface area contributed by atoms with E-state index < -0.39 is 5.97 Å². The molecule has 134 valence electrons. The maximum Gasteiger partial charge on any atom is 0.358 e. The molecule has 2 aromatic carbocycles. The lowest BCUT2D eigenvalue weighted by Gasteiger charge is -2.09. The Labute approximate surface area is 160 Å². The Morgan fingerprint density at radius 3 is 2.81 bits per heavy atom. The van der Waals surface area contributed by atoms with Crippen molar-refractivity contribution in [2.45, 2.75) is 13.2 Å². The minimum Gasteiger partial charge on any atom is -0.496 e. The molecule has 0 aliphatic carbocycles. The van der Waals surface area contributed by atoms with E-state index in [0.29, 0.717) is 28.0 Å². The lowest BCUT2D eigenvalue weighted by molar-refractivity contribution is 0.0464. The third-order valence-electron chi connectivity index (χ3n) is 3.60. The van der Waals surface area contributed by atoms with Gasteiger partial charge in [-0.3, -0.25) is 0 Å². The minimum atomic E-state index is -0.490. The first-order valence-corrected chi connectivity index (χ1v) is 9.14. The van der Waals surface area contributed by atoms with Crippen molar-refractivity contribution in [2.75, 3.05) is 12.4 Å². The predicted molar refractivity (Wildman–Crippen MR) is 103 cm³/mol. The maximum atomic E-state index is 12.2. The number of benzene rings is 2. The summed E-state index contributed by atoms with van der Waals surface area (Å²) in [5, 5.41) is 6.09. The van der Waals surface area contributed by atoms with Gasteiger partial charge in [0.2, 0.25) is 0 Å². The smallest absolute Gasteiger partial charge is 0.358 e. The van der Waals surface area contributed by atoms with E-state index in [1.165, 1.54) is 11.3 Å². The van der Waals surface area contributed by atoms with Gasteiger partial charge >= 0.3 is 5.97 Å². The molecule has 0 fully saturated rings. The molecule has 26 heavy (non-hydrogen) atoms. The fourth-order valence-electron chi connectivity index (χ4n) is 2.30. The van der Waals surface area contributed by atoms with E-state index in [-0.39, 0.29) is 12.3 Å². The Balaban J connectivity index is 1.57. The van der Waals surface area contributed by atoms with Gasteiger partial charge in [0.1, 0.15) is 12.4 Å². The number of aromatic nitrogens is 1. The van der Waals surface area contributed by atoms with Crippen molar-refractivity contribution < 1.29 is 14.3 Å². The molecule has 0 saturated heterocycles. The first-order valence-electron chi connectivity index (χ1n) is 7.88. The van der Waals surface area contributed by atoms with Crippen molar-refractivity contribution in [1.29, 1.82) is 0 Å². The SMILES string of the molecule is COc1ccc(Cl)cc1COC(=O)c1csc(NCc2ccccc2)n1. The normalized spacial score (nSPS) is 10.4. The van der Waals surface area contributed by atoms with Crippen LogP contribution in [0.1, 0.15) is 21.6 Å². The van der Waals surface area contributed by atoms with Crippen LogP contribution in [0.15, 0.2) is 53.9 Å². The van der Waals surface area contributed by atoms with E-state index in [4.69, 9.17) is 21.1 Å². The van der Waals surface area contributed by atoms with Gasteiger partial charge in [0.25, 0.3) is 0 Å². The average molecular weight is 389 g/mol. The van der Waals surface area contributed by atoms with Crippen molar-refractivity contribution in [3.05, 3.63) is 75.8 Å². The highest BCUT2D eigenvalue weighted by Gasteiger charge is 2.14. The largest absolute Gasteiger partial charge is 0.496 e. The van der Waals surface area contributed by atoms with Crippen LogP contribution in [0.2, 0.25) is 5.02 Å². The van der Waals surface area contributed by atoms with E-state index in [9.17, 15) is 4.79 Å². The van der Waals surface area contributed by atoms with Gasteiger partial charge in [-0.2, -0.15) is 0 Å². The Morgan fingerprint density at radius 1 is 1.23 bits per heavy atom. The number of thiazole rings is 1. The molecule has 1 heterocycles. The molecule has 0 saturated carbocycles. The van der Waals surface area contributed by atoms with Gasteiger partial charge in [0, 0.05) is 22.5 Å². The summed E-state index contributed by atoms with van der Waals surface area (Å²) in [4.78, 5) is 16.5. The van der Waals surface area contributed by atoms with Gasteiger partial charge in [-0.1, -0.05) is 41.9 Å². The lowest BCUT2D eigenvalue weighted by Crippen LogP contribution is -2.07. The number of nitrogens with zero attached hydrogens (tertiary/aromatic N) is 1. The number of hydrogen-bond donors (Lipinski definition) is 1. The first-order chi connectivity index (χ1) is 12.7. The van der Waals surface area contributed by atoms with Crippen LogP contribution in [0.5, 0.6) is 5.75 Å². The molecule has 5 nitrogen and oxygen atoms in total. The van der Waals surface area contributed by atoms with Gasteiger partial charge < -0.3 is 14.8 Å². The lowest BCUT2D eigenvalue weighted by atomic mass is 10.2. The van der Waals surface area contributed by atoms with E-state index in [0.717, 1.165) is 5.56 Å². The van der Waals surface area contributed by atoms with Gasteiger partial charge in [-0.15, -0.1) is 11.3 Å². The van der Waals surface area contributed by atoms with Gasteiger partial charge in [0.15, 0.2) is 10.8 Å². The minimum absolute atomic E-state index is 0.0624. The molecular weight excluding hydrogens is 372 g/mol. The number of esters is 1. The van der Waals surface area contributed by atoms with Crippen LogP contribution in [-0.2, 0) is 17.9 Å². The molecule has 0 aliphatic heterocycles. The summed E-state index contributed by atoms with van der Waals surface area (Å²) < 4.78 is 10.6. The number of anilines is 1. The van der Waals surface area contributed by atoms with E-state index in [1.807, 2.05) is 30.3 Å². The van der Waals surface area contributed by atoms with Crippen molar-refractivity contribution in [1.82, 2.24) is 4.98 Å². The summed E-state index contributed by atoms with van der Waals surface area (Å²) in [7, 11) is 1.56. The molecule has 0 amide bonds. The van der Waals surface area contributed by atoms with Crippen LogP contribution < -0.4 is 10.1 Å². The molecule has 0 unspecified atom stereocenters. The van der Waals surface area contributed by atoms with Crippen LogP contribution in [0, 0.1) is 0 Å². The molecular formula is C19H17ClN2O3S. The zero-order valence-corrected chi connectivity index (χ0v) is 15.6. The third kappa shape index (κ3) is 4.74. The van der Waals surface area contributed by atoms with Crippen LogP contribution in [0.4, 0.5) is 5.13 Å². The summed E-state index contributed by atoms with van der Waals surface area (Å²) >= 11 is 7.34. The number of carbonyl (C=O) groups excluding carboxylic acids is 1. The number of ether oxygens (including phenoxy) is 2. The number of halogens is 1. The molecule has 0 atom stereocenters. The monoisotopic (exact) mass is 388 g/mol. The second kappa shape index (κ2) is 8.69. The van der Waals surface area contributed by atoms with Crippen LogP contribution in [0.3, 0.4) is 0 Å². The second-order valence-electron chi connectivity index (χ2n) is 5.41. The number of carbonyl (C=O) groups is 1. The Bertz CT molecular complexity index is 884. The zero-order valence-electron chi connectivity index (χ0n) is 14.1. The standard InChI is InChI=1S/C19H17ClN2O3S/c1-24-17-8-7-15(20)9-14(17)11-25-18(23)16-12-26-19(22-16)21-10-13-5-3-2-4-6-13/h2-9,12H,10-11H2,1H3,(H,21,22). The highest BCUT2D eigenvalue weighted by Crippen LogP contribution is 2.24. The molecule has 1 N–H and O–H groups in total. The van der Waals surface area contributed by atoms with Gasteiger partial charge in [-0.25, -0.2) is 9.78 Å². The summed E-state index contributed by atoms with van der Waals surface area (Å²) in [6.45, 7) is 0.704. The fraction of sp³-hybridized carbons (Fsp3) is 0.158. The van der Waals surface area contributed by atoms with Crippen molar-refractivity contribution in [2.24, 2.45) is 0 Å². The first kappa shape index (κ1) is 18.2. The number of nitrogens with one attached hydrogen (secondary N) is 1. The highest BCUT2D eigenvalue weighted by atomic mass is 35.5.